The molecule has 0 bridgehead atoms. The summed E-state index contributed by atoms with van der Waals surface area (Å²) in [6, 6.07) is 17.5. The fourth-order valence-corrected chi connectivity index (χ4v) is 1.87. The average Bonchev–Trinajstić information content (AvgIpc) is 2.48. The summed E-state index contributed by atoms with van der Waals surface area (Å²) in [4.78, 5) is 12.8. The first-order valence-corrected chi connectivity index (χ1v) is 5.94. The van der Waals surface area contributed by atoms with Gasteiger partial charge in [-0.2, -0.15) is 0 Å². The largest absolute Gasteiger partial charge is 0.368 e. The lowest BCUT2D eigenvalue weighted by molar-refractivity contribution is 1.17. The minimum atomic E-state index is 0.252. The molecule has 0 radical (unpaired) electrons. The zero-order valence-corrected chi connectivity index (χ0v) is 10.2. The lowest BCUT2D eigenvalue weighted by Gasteiger charge is -2.05. The Kier molecular flexibility index (Phi) is 2.90. The van der Waals surface area contributed by atoms with Crippen molar-refractivity contribution in [1.82, 2.24) is 15.0 Å². The van der Waals surface area contributed by atoms with E-state index in [1.807, 2.05) is 54.6 Å². The number of hydrogen-bond donors (Lipinski definition) is 1. The van der Waals surface area contributed by atoms with Crippen molar-refractivity contribution in [3.63, 3.8) is 0 Å². The van der Waals surface area contributed by atoms with E-state index in [2.05, 4.69) is 15.0 Å². The summed E-state index contributed by atoms with van der Waals surface area (Å²) in [5, 5.41) is 0. The van der Waals surface area contributed by atoms with Crippen LogP contribution in [0.25, 0.3) is 22.6 Å². The van der Waals surface area contributed by atoms with E-state index in [9.17, 15) is 0 Å². The third-order valence-corrected chi connectivity index (χ3v) is 2.74. The number of rotatable bonds is 2. The number of aromatic nitrogens is 3. The Morgan fingerprint density at radius 3 is 2.21 bits per heavy atom. The smallest absolute Gasteiger partial charge is 0.221 e. The van der Waals surface area contributed by atoms with Crippen molar-refractivity contribution in [3.8, 4) is 22.6 Å². The first-order chi connectivity index (χ1) is 9.33. The molecule has 0 aliphatic carbocycles. The third-order valence-electron chi connectivity index (χ3n) is 2.74. The van der Waals surface area contributed by atoms with Crippen LogP contribution in [0.5, 0.6) is 0 Å². The van der Waals surface area contributed by atoms with Crippen molar-refractivity contribution in [1.29, 1.82) is 0 Å². The molecule has 0 fully saturated rings. The number of anilines is 1. The van der Waals surface area contributed by atoms with Crippen molar-refractivity contribution in [2.24, 2.45) is 0 Å². The highest BCUT2D eigenvalue weighted by Crippen LogP contribution is 2.22. The first-order valence-electron chi connectivity index (χ1n) is 5.94. The standard InChI is InChI=1S/C15H12N4/c16-15-18-13(11-6-2-1-3-7-11)10-14(19-15)12-8-4-5-9-17-12/h1-10H,(H2,16,18,19). The molecule has 19 heavy (non-hydrogen) atoms. The minimum Gasteiger partial charge on any atom is -0.368 e. The summed E-state index contributed by atoms with van der Waals surface area (Å²) in [5.41, 5.74) is 9.11. The fourth-order valence-electron chi connectivity index (χ4n) is 1.87. The van der Waals surface area contributed by atoms with E-state index in [1.165, 1.54) is 0 Å². The molecule has 2 heterocycles. The van der Waals surface area contributed by atoms with Gasteiger partial charge in [-0.25, -0.2) is 9.97 Å². The van der Waals surface area contributed by atoms with Gasteiger partial charge in [0.25, 0.3) is 0 Å². The minimum absolute atomic E-state index is 0.252. The number of hydrogen-bond acceptors (Lipinski definition) is 4. The summed E-state index contributed by atoms with van der Waals surface area (Å²) in [6.45, 7) is 0. The van der Waals surface area contributed by atoms with Crippen LogP contribution < -0.4 is 5.73 Å². The second kappa shape index (κ2) is 4.86. The van der Waals surface area contributed by atoms with Gasteiger partial charge in [-0.05, 0) is 18.2 Å². The molecule has 4 heteroatoms. The zero-order chi connectivity index (χ0) is 13.1. The predicted octanol–water partition coefficient (Wildman–Crippen LogP) is 2.79. The average molecular weight is 248 g/mol. The molecule has 0 amide bonds. The maximum atomic E-state index is 5.78. The maximum absolute atomic E-state index is 5.78. The fraction of sp³-hybridized carbons (Fsp3) is 0. The Morgan fingerprint density at radius 1 is 0.737 bits per heavy atom. The molecule has 0 saturated heterocycles. The zero-order valence-electron chi connectivity index (χ0n) is 10.2. The summed E-state index contributed by atoms with van der Waals surface area (Å²) < 4.78 is 0. The van der Waals surface area contributed by atoms with Gasteiger partial charge in [-0.3, -0.25) is 4.98 Å². The van der Waals surface area contributed by atoms with Crippen molar-refractivity contribution < 1.29 is 0 Å². The summed E-state index contributed by atoms with van der Waals surface area (Å²) in [7, 11) is 0. The van der Waals surface area contributed by atoms with Crippen LogP contribution in [0.2, 0.25) is 0 Å². The molecule has 3 aromatic rings. The van der Waals surface area contributed by atoms with Crippen molar-refractivity contribution in [2.75, 3.05) is 5.73 Å². The second-order valence-electron chi connectivity index (χ2n) is 4.08. The highest BCUT2D eigenvalue weighted by Gasteiger charge is 2.07. The number of pyridine rings is 1. The third kappa shape index (κ3) is 2.42. The van der Waals surface area contributed by atoms with Crippen LogP contribution in [0.3, 0.4) is 0 Å². The van der Waals surface area contributed by atoms with Crippen molar-refractivity contribution in [2.45, 2.75) is 0 Å². The number of nitrogen functional groups attached to an aromatic ring is 1. The number of benzene rings is 1. The van der Waals surface area contributed by atoms with Crippen LogP contribution in [0, 0.1) is 0 Å². The van der Waals surface area contributed by atoms with E-state index in [0.29, 0.717) is 0 Å². The molecule has 2 aromatic heterocycles. The van der Waals surface area contributed by atoms with Crippen LogP contribution in [0.15, 0.2) is 60.8 Å². The van der Waals surface area contributed by atoms with Crippen LogP contribution in [-0.4, -0.2) is 15.0 Å². The van der Waals surface area contributed by atoms with Crippen LogP contribution >= 0.6 is 0 Å². The van der Waals surface area contributed by atoms with Crippen LogP contribution in [0.4, 0.5) is 5.95 Å². The highest BCUT2D eigenvalue weighted by molar-refractivity contribution is 5.67. The van der Waals surface area contributed by atoms with E-state index in [1.54, 1.807) is 6.20 Å². The topological polar surface area (TPSA) is 64.7 Å². The van der Waals surface area contributed by atoms with Gasteiger partial charge in [0.05, 0.1) is 17.1 Å². The molecule has 0 aliphatic rings. The van der Waals surface area contributed by atoms with Crippen molar-refractivity contribution >= 4 is 5.95 Å². The number of nitrogens with two attached hydrogens (primary N) is 1. The van der Waals surface area contributed by atoms with E-state index < -0.39 is 0 Å². The van der Waals surface area contributed by atoms with Gasteiger partial charge < -0.3 is 5.73 Å². The van der Waals surface area contributed by atoms with Gasteiger partial charge in [-0.1, -0.05) is 36.4 Å². The lowest BCUT2D eigenvalue weighted by Crippen LogP contribution is -1.99. The van der Waals surface area contributed by atoms with Gasteiger partial charge in [0.15, 0.2) is 0 Å². The Morgan fingerprint density at radius 2 is 1.47 bits per heavy atom. The van der Waals surface area contributed by atoms with E-state index in [0.717, 1.165) is 22.6 Å². The molecular formula is C15H12N4. The molecule has 0 spiro atoms. The van der Waals surface area contributed by atoms with Gasteiger partial charge >= 0.3 is 0 Å². The molecule has 0 unspecified atom stereocenters. The molecular weight excluding hydrogens is 236 g/mol. The van der Waals surface area contributed by atoms with Gasteiger partial charge in [0, 0.05) is 11.8 Å². The second-order valence-corrected chi connectivity index (χ2v) is 4.08. The number of nitrogens with zero attached hydrogens (tertiary/aromatic N) is 3. The molecule has 0 atom stereocenters. The maximum Gasteiger partial charge on any atom is 0.221 e. The molecule has 0 saturated carbocycles. The Balaban J connectivity index is 2.12. The van der Waals surface area contributed by atoms with E-state index in [-0.39, 0.29) is 5.95 Å². The molecule has 4 nitrogen and oxygen atoms in total. The Bertz CT molecular complexity index is 623. The quantitative estimate of drug-likeness (QED) is 0.757. The Labute approximate surface area is 111 Å². The molecule has 92 valence electrons. The molecule has 2 N–H and O–H groups in total. The predicted molar refractivity (Wildman–Crippen MR) is 75.1 cm³/mol. The van der Waals surface area contributed by atoms with Gasteiger partial charge in [-0.15, -0.1) is 0 Å². The van der Waals surface area contributed by atoms with Crippen LogP contribution in [-0.2, 0) is 0 Å². The normalized spacial score (nSPS) is 10.3. The summed E-state index contributed by atoms with van der Waals surface area (Å²) in [5.74, 6) is 0.252. The molecule has 1 aromatic carbocycles. The first kappa shape index (κ1) is 11.3. The van der Waals surface area contributed by atoms with Gasteiger partial charge in [0.2, 0.25) is 5.95 Å². The molecule has 0 aliphatic heterocycles. The summed E-state index contributed by atoms with van der Waals surface area (Å²) in [6.07, 6.45) is 1.73. The van der Waals surface area contributed by atoms with Gasteiger partial charge in [0.1, 0.15) is 0 Å². The summed E-state index contributed by atoms with van der Waals surface area (Å²) >= 11 is 0. The Hall–Kier alpha value is -2.75. The SMILES string of the molecule is Nc1nc(-c2ccccc2)cc(-c2ccccn2)n1. The monoisotopic (exact) mass is 248 g/mol. The van der Waals surface area contributed by atoms with Crippen molar-refractivity contribution in [3.05, 3.63) is 60.8 Å². The van der Waals surface area contributed by atoms with Crippen LogP contribution in [0.1, 0.15) is 0 Å². The molecule has 3 rings (SSSR count). The van der Waals surface area contributed by atoms with E-state index in [4.69, 9.17) is 5.73 Å². The van der Waals surface area contributed by atoms with E-state index >= 15 is 0 Å². The highest BCUT2D eigenvalue weighted by atomic mass is 15.0. The lowest BCUT2D eigenvalue weighted by atomic mass is 10.1.